The Bertz CT molecular complexity index is 663. The van der Waals surface area contributed by atoms with Crippen LogP contribution >= 0.6 is 0 Å². The number of carbonyl (C=O) groups excluding carboxylic acids is 1. The Morgan fingerprint density at radius 1 is 1.23 bits per heavy atom. The first kappa shape index (κ1) is 16.0. The van der Waals surface area contributed by atoms with Gasteiger partial charge in [0.15, 0.2) is 5.69 Å². The molecule has 0 atom stereocenters. The summed E-state index contributed by atoms with van der Waals surface area (Å²) in [5.74, 6) is -4.08. The molecule has 0 spiro atoms. The first-order valence-corrected chi connectivity index (χ1v) is 6.37. The zero-order valence-electron chi connectivity index (χ0n) is 12.0. The highest BCUT2D eigenvalue weighted by Gasteiger charge is 2.37. The molecule has 116 valence electrons. The fourth-order valence-electron chi connectivity index (χ4n) is 1.91. The molecular formula is C15H14F2N2O3. The molecule has 0 aliphatic heterocycles. The second-order valence-electron chi connectivity index (χ2n) is 4.45. The second kappa shape index (κ2) is 6.57. The summed E-state index contributed by atoms with van der Waals surface area (Å²) in [6, 6.07) is 8.32. The predicted octanol–water partition coefficient (Wildman–Crippen LogP) is 2.67. The van der Waals surface area contributed by atoms with Gasteiger partial charge in [-0.3, -0.25) is 4.98 Å². The molecule has 5 nitrogen and oxygen atoms in total. The highest BCUT2D eigenvalue weighted by atomic mass is 19.3. The molecule has 2 aromatic rings. The molecule has 0 N–H and O–H groups in total. The Balaban J connectivity index is 2.61. The van der Waals surface area contributed by atoms with Gasteiger partial charge in [0.05, 0.1) is 19.0 Å². The van der Waals surface area contributed by atoms with Crippen LogP contribution in [0.4, 0.5) is 8.78 Å². The number of ether oxygens (including phenoxy) is 2. The largest absolute Gasteiger partial charge is 0.464 e. The van der Waals surface area contributed by atoms with Crippen molar-refractivity contribution < 1.29 is 23.0 Å². The molecule has 7 heteroatoms. The van der Waals surface area contributed by atoms with Gasteiger partial charge in [-0.25, -0.2) is 9.78 Å². The van der Waals surface area contributed by atoms with Crippen LogP contribution in [0.3, 0.4) is 0 Å². The van der Waals surface area contributed by atoms with Crippen molar-refractivity contribution >= 4 is 5.97 Å². The second-order valence-corrected chi connectivity index (χ2v) is 4.45. The molecule has 0 fully saturated rings. The third-order valence-electron chi connectivity index (χ3n) is 2.89. The van der Waals surface area contributed by atoms with Crippen molar-refractivity contribution in [1.29, 1.82) is 0 Å². The van der Waals surface area contributed by atoms with Crippen LogP contribution in [0, 0.1) is 0 Å². The van der Waals surface area contributed by atoms with Crippen molar-refractivity contribution in [2.75, 3.05) is 20.8 Å². The number of methoxy groups -OCH3 is 2. The van der Waals surface area contributed by atoms with Gasteiger partial charge in [-0.1, -0.05) is 30.3 Å². The van der Waals surface area contributed by atoms with Crippen molar-refractivity contribution in [3.8, 4) is 11.3 Å². The van der Waals surface area contributed by atoms with Gasteiger partial charge in [-0.15, -0.1) is 0 Å². The summed E-state index contributed by atoms with van der Waals surface area (Å²) in [4.78, 5) is 19.3. The van der Waals surface area contributed by atoms with E-state index in [0.717, 1.165) is 6.20 Å². The summed E-state index contributed by atoms with van der Waals surface area (Å²) < 4.78 is 37.4. The number of alkyl halides is 2. The number of carbonyl (C=O) groups is 1. The fourth-order valence-corrected chi connectivity index (χ4v) is 1.91. The van der Waals surface area contributed by atoms with E-state index in [-0.39, 0.29) is 11.4 Å². The lowest BCUT2D eigenvalue weighted by Gasteiger charge is -2.18. The van der Waals surface area contributed by atoms with Crippen LogP contribution in [0.1, 0.15) is 16.2 Å². The molecule has 22 heavy (non-hydrogen) atoms. The average Bonchev–Trinajstić information content (AvgIpc) is 2.54. The molecule has 0 bridgehead atoms. The Morgan fingerprint density at radius 2 is 1.91 bits per heavy atom. The number of benzene rings is 1. The third-order valence-corrected chi connectivity index (χ3v) is 2.89. The predicted molar refractivity (Wildman–Crippen MR) is 74.6 cm³/mol. The maximum absolute atomic E-state index is 14.2. The lowest BCUT2D eigenvalue weighted by Crippen LogP contribution is -2.24. The van der Waals surface area contributed by atoms with Crippen LogP contribution in [0.2, 0.25) is 0 Å². The molecule has 1 aromatic carbocycles. The number of nitrogens with zero attached hydrogens (tertiary/aromatic N) is 2. The monoisotopic (exact) mass is 308 g/mol. The molecular weight excluding hydrogens is 294 g/mol. The fraction of sp³-hybridized carbons (Fsp3) is 0.267. The van der Waals surface area contributed by atoms with Crippen LogP contribution in [0.25, 0.3) is 11.3 Å². The van der Waals surface area contributed by atoms with Crippen LogP contribution in [0.15, 0.2) is 36.5 Å². The number of halogens is 2. The van der Waals surface area contributed by atoms with Gasteiger partial charge in [-0.2, -0.15) is 8.78 Å². The normalized spacial score (nSPS) is 11.3. The van der Waals surface area contributed by atoms with Crippen LogP contribution in [-0.4, -0.2) is 36.8 Å². The summed E-state index contributed by atoms with van der Waals surface area (Å²) in [6.45, 7) is -0.834. The van der Waals surface area contributed by atoms with E-state index < -0.39 is 24.2 Å². The highest BCUT2D eigenvalue weighted by Crippen LogP contribution is 2.33. The summed E-state index contributed by atoms with van der Waals surface area (Å²) in [5, 5.41) is 0. The molecule has 1 heterocycles. The molecule has 0 amide bonds. The number of hydrogen-bond donors (Lipinski definition) is 0. The Morgan fingerprint density at radius 3 is 2.50 bits per heavy atom. The van der Waals surface area contributed by atoms with Gasteiger partial charge >= 0.3 is 11.9 Å². The Kier molecular flexibility index (Phi) is 4.77. The number of rotatable bonds is 5. The van der Waals surface area contributed by atoms with Crippen LogP contribution in [-0.2, 0) is 15.4 Å². The van der Waals surface area contributed by atoms with Crippen molar-refractivity contribution in [3.63, 3.8) is 0 Å². The average molecular weight is 308 g/mol. The van der Waals surface area contributed by atoms with E-state index in [0.29, 0.717) is 5.56 Å². The van der Waals surface area contributed by atoms with E-state index in [1.54, 1.807) is 30.3 Å². The van der Waals surface area contributed by atoms with Crippen molar-refractivity contribution in [1.82, 2.24) is 9.97 Å². The quantitative estimate of drug-likeness (QED) is 0.795. The first-order chi connectivity index (χ1) is 10.5. The smallest absolute Gasteiger partial charge is 0.358 e. The van der Waals surface area contributed by atoms with E-state index in [1.807, 2.05) is 0 Å². The number of esters is 1. The lowest BCUT2D eigenvalue weighted by molar-refractivity contribution is -0.0728. The zero-order valence-corrected chi connectivity index (χ0v) is 12.0. The van der Waals surface area contributed by atoms with Gasteiger partial charge in [0, 0.05) is 12.7 Å². The van der Waals surface area contributed by atoms with Gasteiger partial charge in [0.25, 0.3) is 0 Å². The Labute approximate surface area is 125 Å². The minimum Gasteiger partial charge on any atom is -0.464 e. The Hall–Kier alpha value is -2.41. The standard InChI is InChI=1S/C15H14F2N2O3/c1-21-9-15(16,17)13-12(10-6-4-3-5-7-10)19-11(8-18-13)14(20)22-2/h3-8H,9H2,1-2H3. The minimum atomic E-state index is -3.33. The molecule has 0 aliphatic rings. The van der Waals surface area contributed by atoms with E-state index in [9.17, 15) is 13.6 Å². The van der Waals surface area contributed by atoms with Gasteiger partial charge in [0.1, 0.15) is 12.3 Å². The maximum atomic E-state index is 14.2. The van der Waals surface area contributed by atoms with E-state index in [2.05, 4.69) is 19.4 Å². The van der Waals surface area contributed by atoms with Crippen molar-refractivity contribution in [2.45, 2.75) is 5.92 Å². The highest BCUT2D eigenvalue weighted by molar-refractivity contribution is 5.87. The van der Waals surface area contributed by atoms with Crippen LogP contribution in [0.5, 0.6) is 0 Å². The zero-order chi connectivity index (χ0) is 16.2. The van der Waals surface area contributed by atoms with Crippen molar-refractivity contribution in [2.24, 2.45) is 0 Å². The van der Waals surface area contributed by atoms with E-state index in [1.165, 1.54) is 14.2 Å². The summed E-state index contributed by atoms with van der Waals surface area (Å²) in [6.07, 6.45) is 0.969. The van der Waals surface area contributed by atoms with E-state index in [4.69, 9.17) is 0 Å². The molecule has 0 saturated carbocycles. The number of aromatic nitrogens is 2. The summed E-state index contributed by atoms with van der Waals surface area (Å²) in [5.41, 5.74) is -0.344. The van der Waals surface area contributed by atoms with Gasteiger partial charge < -0.3 is 9.47 Å². The van der Waals surface area contributed by atoms with E-state index >= 15 is 0 Å². The summed E-state index contributed by atoms with van der Waals surface area (Å²) >= 11 is 0. The van der Waals surface area contributed by atoms with Gasteiger partial charge in [-0.05, 0) is 0 Å². The molecule has 1 aromatic heterocycles. The topological polar surface area (TPSA) is 61.3 Å². The molecule has 0 saturated heterocycles. The third kappa shape index (κ3) is 3.25. The molecule has 0 radical (unpaired) electrons. The minimum absolute atomic E-state index is 0.0782. The molecule has 0 aliphatic carbocycles. The molecule has 2 rings (SSSR count). The van der Waals surface area contributed by atoms with Crippen LogP contribution < -0.4 is 0 Å². The lowest BCUT2D eigenvalue weighted by atomic mass is 10.1. The number of hydrogen-bond acceptors (Lipinski definition) is 5. The molecule has 0 unspecified atom stereocenters. The summed E-state index contributed by atoms with van der Waals surface area (Å²) in [7, 11) is 2.35. The van der Waals surface area contributed by atoms with Crippen molar-refractivity contribution in [3.05, 3.63) is 47.9 Å². The maximum Gasteiger partial charge on any atom is 0.358 e. The van der Waals surface area contributed by atoms with Gasteiger partial charge in [0.2, 0.25) is 0 Å². The first-order valence-electron chi connectivity index (χ1n) is 6.37. The SMILES string of the molecule is COCC(F)(F)c1ncc(C(=O)OC)nc1-c1ccccc1.